The number of benzene rings is 1. The van der Waals surface area contributed by atoms with E-state index in [9.17, 15) is 4.79 Å². The van der Waals surface area contributed by atoms with Gasteiger partial charge in [0.2, 0.25) is 0 Å². The molecule has 0 spiro atoms. The van der Waals surface area contributed by atoms with Crippen molar-refractivity contribution in [1.29, 1.82) is 0 Å². The number of fused-ring (bicyclic) bond motifs is 2. The predicted molar refractivity (Wildman–Crippen MR) is 116 cm³/mol. The number of hydrogen-bond acceptors (Lipinski definition) is 5. The van der Waals surface area contributed by atoms with Crippen molar-refractivity contribution in [3.63, 3.8) is 0 Å². The van der Waals surface area contributed by atoms with Gasteiger partial charge < -0.3 is 10.2 Å². The Bertz CT molecular complexity index is 1290. The monoisotopic (exact) mass is 388 g/mol. The van der Waals surface area contributed by atoms with Crippen molar-refractivity contribution in [3.8, 4) is 11.3 Å². The first-order valence-electron chi connectivity index (χ1n) is 9.94. The maximum atomic E-state index is 12.9. The number of aromatic nitrogens is 4. The Labute approximate surface area is 168 Å². The Kier molecular flexibility index (Phi) is 4.13. The summed E-state index contributed by atoms with van der Waals surface area (Å²) in [6, 6.07) is 10.1. The molecular weight excluding hydrogens is 364 g/mol. The van der Waals surface area contributed by atoms with Gasteiger partial charge in [-0.3, -0.25) is 13.9 Å². The van der Waals surface area contributed by atoms with Gasteiger partial charge >= 0.3 is 0 Å². The summed E-state index contributed by atoms with van der Waals surface area (Å²) in [6.07, 6.45) is 3.89. The second-order valence-corrected chi connectivity index (χ2v) is 7.93. The number of hydrogen-bond donors (Lipinski definition) is 1. The molecule has 0 aliphatic carbocycles. The van der Waals surface area contributed by atoms with Crippen LogP contribution in [-0.2, 0) is 7.05 Å². The standard InChI is InChI=1S/C22H24N6O/c1-14-8-16(9-17-12-26(3)25-22(14)17)19-10-21(29)28-13-18(4-5-20(28)24-19)27-7-6-23-15(2)11-27/h4-5,8-10,12-13,15,23H,6-7,11H2,1-3H3/t15-/m0/s1. The molecule has 1 aromatic carbocycles. The lowest BCUT2D eigenvalue weighted by Gasteiger charge is -2.33. The maximum Gasteiger partial charge on any atom is 0.258 e. The van der Waals surface area contributed by atoms with Crippen LogP contribution in [0.25, 0.3) is 27.8 Å². The predicted octanol–water partition coefficient (Wildman–Crippen LogP) is 2.35. The van der Waals surface area contributed by atoms with Gasteiger partial charge in [0, 0.05) is 62.1 Å². The van der Waals surface area contributed by atoms with E-state index in [2.05, 4.69) is 28.3 Å². The zero-order valence-electron chi connectivity index (χ0n) is 16.9. The average Bonchev–Trinajstić information content (AvgIpc) is 3.08. The third kappa shape index (κ3) is 3.17. The first-order chi connectivity index (χ1) is 14.0. The van der Waals surface area contributed by atoms with Crippen molar-refractivity contribution in [2.45, 2.75) is 19.9 Å². The molecule has 1 saturated heterocycles. The fraction of sp³-hybridized carbons (Fsp3) is 0.318. The fourth-order valence-corrected chi connectivity index (χ4v) is 4.17. The van der Waals surface area contributed by atoms with Crippen LogP contribution in [0.2, 0.25) is 0 Å². The van der Waals surface area contributed by atoms with Gasteiger partial charge in [-0.15, -0.1) is 0 Å². The van der Waals surface area contributed by atoms with Crippen LogP contribution in [-0.4, -0.2) is 44.8 Å². The number of anilines is 1. The van der Waals surface area contributed by atoms with Crippen LogP contribution in [0.1, 0.15) is 12.5 Å². The van der Waals surface area contributed by atoms with Gasteiger partial charge in [0.1, 0.15) is 5.65 Å². The molecule has 1 aliphatic heterocycles. The van der Waals surface area contributed by atoms with Gasteiger partial charge in [-0.05, 0) is 43.7 Å². The van der Waals surface area contributed by atoms with E-state index in [0.717, 1.165) is 47.4 Å². The molecule has 1 fully saturated rings. The summed E-state index contributed by atoms with van der Waals surface area (Å²) in [5, 5.41) is 8.99. The highest BCUT2D eigenvalue weighted by atomic mass is 16.1. The van der Waals surface area contributed by atoms with Gasteiger partial charge in [-0.1, -0.05) is 0 Å². The van der Waals surface area contributed by atoms with Crippen LogP contribution in [0.15, 0.2) is 47.5 Å². The van der Waals surface area contributed by atoms with E-state index in [-0.39, 0.29) is 5.56 Å². The largest absolute Gasteiger partial charge is 0.368 e. The Morgan fingerprint density at radius 1 is 1.17 bits per heavy atom. The van der Waals surface area contributed by atoms with Gasteiger partial charge in [0.15, 0.2) is 0 Å². The van der Waals surface area contributed by atoms with Crippen molar-refractivity contribution < 1.29 is 0 Å². The summed E-state index contributed by atoms with van der Waals surface area (Å²) in [5.74, 6) is 0. The second-order valence-electron chi connectivity index (χ2n) is 7.93. The van der Waals surface area contributed by atoms with Gasteiger partial charge in [-0.25, -0.2) is 4.98 Å². The second kappa shape index (κ2) is 6.70. The molecule has 4 heterocycles. The van der Waals surface area contributed by atoms with Gasteiger partial charge in [0.25, 0.3) is 5.56 Å². The summed E-state index contributed by atoms with van der Waals surface area (Å²) in [6.45, 7) is 7.01. The SMILES string of the molecule is Cc1cc(-c2cc(=O)n3cc(N4CCN[C@@H](C)C4)ccc3n2)cc2cn(C)nc12. The molecule has 1 N–H and O–H groups in total. The molecule has 0 unspecified atom stereocenters. The van der Waals surface area contributed by atoms with Crippen molar-refractivity contribution in [1.82, 2.24) is 24.5 Å². The van der Waals surface area contributed by atoms with E-state index in [1.807, 2.05) is 49.2 Å². The van der Waals surface area contributed by atoms with E-state index in [1.54, 1.807) is 10.5 Å². The van der Waals surface area contributed by atoms with Crippen LogP contribution >= 0.6 is 0 Å². The van der Waals surface area contributed by atoms with Crippen molar-refractivity contribution in [2.24, 2.45) is 7.05 Å². The molecule has 0 bridgehead atoms. The van der Waals surface area contributed by atoms with Crippen LogP contribution in [0.3, 0.4) is 0 Å². The molecule has 3 aromatic heterocycles. The Morgan fingerprint density at radius 3 is 2.86 bits per heavy atom. The molecule has 29 heavy (non-hydrogen) atoms. The van der Waals surface area contributed by atoms with E-state index < -0.39 is 0 Å². The minimum absolute atomic E-state index is 0.0704. The molecule has 4 aromatic rings. The first-order valence-corrected chi connectivity index (χ1v) is 9.94. The van der Waals surface area contributed by atoms with Crippen molar-refractivity contribution >= 4 is 22.2 Å². The Hall–Kier alpha value is -3.19. The molecule has 148 valence electrons. The lowest BCUT2D eigenvalue weighted by atomic mass is 10.1. The lowest BCUT2D eigenvalue weighted by Crippen LogP contribution is -2.49. The van der Waals surface area contributed by atoms with Crippen LogP contribution in [0.4, 0.5) is 5.69 Å². The highest BCUT2D eigenvalue weighted by Gasteiger charge is 2.17. The summed E-state index contributed by atoms with van der Waals surface area (Å²) in [7, 11) is 1.91. The van der Waals surface area contributed by atoms with Crippen LogP contribution in [0, 0.1) is 6.92 Å². The zero-order chi connectivity index (χ0) is 20.1. The third-order valence-corrected chi connectivity index (χ3v) is 5.59. The normalized spacial score (nSPS) is 17.3. The number of nitrogens with one attached hydrogen (secondary N) is 1. The molecule has 0 amide bonds. The Balaban J connectivity index is 1.58. The van der Waals surface area contributed by atoms with Gasteiger partial charge in [-0.2, -0.15) is 5.10 Å². The molecule has 1 aliphatic rings. The highest BCUT2D eigenvalue weighted by molar-refractivity contribution is 5.86. The summed E-state index contributed by atoms with van der Waals surface area (Å²) in [4.78, 5) is 20.0. The smallest absolute Gasteiger partial charge is 0.258 e. The lowest BCUT2D eigenvalue weighted by molar-refractivity contribution is 0.484. The summed E-state index contributed by atoms with van der Waals surface area (Å²) < 4.78 is 3.45. The number of nitrogens with zero attached hydrogens (tertiary/aromatic N) is 5. The zero-order valence-corrected chi connectivity index (χ0v) is 16.9. The molecular formula is C22H24N6O. The Morgan fingerprint density at radius 2 is 2.03 bits per heavy atom. The topological polar surface area (TPSA) is 67.5 Å². The summed E-state index contributed by atoms with van der Waals surface area (Å²) in [5.41, 5.74) is 5.30. The van der Waals surface area contributed by atoms with Crippen LogP contribution < -0.4 is 15.8 Å². The van der Waals surface area contributed by atoms with E-state index in [4.69, 9.17) is 4.98 Å². The van der Waals surface area contributed by atoms with Crippen molar-refractivity contribution in [3.05, 3.63) is 58.6 Å². The molecule has 7 nitrogen and oxygen atoms in total. The highest BCUT2D eigenvalue weighted by Crippen LogP contribution is 2.26. The third-order valence-electron chi connectivity index (χ3n) is 5.59. The van der Waals surface area contributed by atoms with Crippen LogP contribution in [0.5, 0.6) is 0 Å². The number of rotatable bonds is 2. The molecule has 7 heteroatoms. The van der Waals surface area contributed by atoms with E-state index in [0.29, 0.717) is 17.4 Å². The maximum absolute atomic E-state index is 12.9. The average molecular weight is 388 g/mol. The number of piperazine rings is 1. The number of pyridine rings is 1. The van der Waals surface area contributed by atoms with E-state index >= 15 is 0 Å². The minimum Gasteiger partial charge on any atom is -0.368 e. The first kappa shape index (κ1) is 17.9. The molecule has 0 radical (unpaired) electrons. The van der Waals surface area contributed by atoms with Crippen molar-refractivity contribution in [2.75, 3.05) is 24.5 Å². The quantitative estimate of drug-likeness (QED) is 0.571. The minimum atomic E-state index is -0.0704. The number of aryl methyl sites for hydroxylation is 2. The molecule has 0 saturated carbocycles. The summed E-state index contributed by atoms with van der Waals surface area (Å²) >= 11 is 0. The molecule has 5 rings (SSSR count). The molecule has 1 atom stereocenters. The van der Waals surface area contributed by atoms with E-state index in [1.165, 1.54) is 0 Å². The fourth-order valence-electron chi connectivity index (χ4n) is 4.17. The van der Waals surface area contributed by atoms with Gasteiger partial charge in [0.05, 0.1) is 16.9 Å².